The number of fused-ring (bicyclic) bond motifs is 2. The number of aromatic amines is 1. The van der Waals surface area contributed by atoms with Gasteiger partial charge >= 0.3 is 0 Å². The van der Waals surface area contributed by atoms with E-state index in [1.165, 1.54) is 0 Å². The van der Waals surface area contributed by atoms with Crippen LogP contribution in [0.25, 0.3) is 34.7 Å². The van der Waals surface area contributed by atoms with Crippen LogP contribution in [0.4, 0.5) is 5.69 Å². The van der Waals surface area contributed by atoms with Gasteiger partial charge in [-0.3, -0.25) is 14.9 Å². The largest absolute Gasteiger partial charge is 0.497 e. The molecule has 2 aromatic heterocycles. The number of carbonyl (C=O) groups excluding carboxylic acids is 1. The zero-order valence-corrected chi connectivity index (χ0v) is 16.2. The van der Waals surface area contributed by atoms with Crippen LogP contribution in [-0.2, 0) is 4.79 Å². The van der Waals surface area contributed by atoms with Crippen molar-refractivity contribution in [3.63, 3.8) is 0 Å². The second-order valence-corrected chi connectivity index (χ2v) is 6.93. The highest BCUT2D eigenvalue weighted by Gasteiger charge is 2.24. The molecule has 30 heavy (non-hydrogen) atoms. The molecule has 0 atom stereocenters. The van der Waals surface area contributed by atoms with Crippen LogP contribution in [0.15, 0.2) is 60.8 Å². The summed E-state index contributed by atoms with van der Waals surface area (Å²) in [5.41, 5.74) is 5.75. The lowest BCUT2D eigenvalue weighted by Crippen LogP contribution is -2.03. The highest BCUT2D eigenvalue weighted by molar-refractivity contribution is 6.35. The summed E-state index contributed by atoms with van der Waals surface area (Å²) in [5, 5.41) is 11.4. The minimum atomic E-state index is -0.123. The molecule has 0 saturated carbocycles. The number of anilines is 1. The normalized spacial score (nSPS) is 14.4. The van der Waals surface area contributed by atoms with Crippen LogP contribution in [-0.4, -0.2) is 28.2 Å². The Hall–Kier alpha value is -4.19. The van der Waals surface area contributed by atoms with Crippen LogP contribution >= 0.6 is 0 Å². The summed E-state index contributed by atoms with van der Waals surface area (Å²) in [4.78, 5) is 16.8. The Bertz CT molecular complexity index is 1320. The quantitative estimate of drug-likeness (QED) is 0.495. The number of H-pyrrole nitrogens is 1. The number of carbonyl (C=O) groups is 1. The number of rotatable bonds is 4. The number of aromatic nitrogens is 3. The third-order valence-electron chi connectivity index (χ3n) is 5.04. The lowest BCUT2D eigenvalue weighted by atomic mass is 10.0. The van der Waals surface area contributed by atoms with Gasteiger partial charge in [-0.05, 0) is 66.3 Å². The molecular formula is C24H18N4O2. The maximum Gasteiger partial charge on any atom is 0.256 e. The highest BCUT2D eigenvalue weighted by Crippen LogP contribution is 2.36. The molecule has 5 rings (SSSR count). The molecule has 0 spiro atoms. The molecule has 6 nitrogen and oxygen atoms in total. The first-order valence-electron chi connectivity index (χ1n) is 9.50. The van der Waals surface area contributed by atoms with Crippen LogP contribution in [0.3, 0.4) is 0 Å². The van der Waals surface area contributed by atoms with Gasteiger partial charge in [0.25, 0.3) is 5.91 Å². The van der Waals surface area contributed by atoms with Gasteiger partial charge in [0.1, 0.15) is 5.75 Å². The van der Waals surface area contributed by atoms with E-state index in [-0.39, 0.29) is 5.91 Å². The van der Waals surface area contributed by atoms with E-state index in [4.69, 9.17) is 4.74 Å². The molecule has 2 N–H and O–H groups in total. The predicted molar refractivity (Wildman–Crippen MR) is 119 cm³/mol. The summed E-state index contributed by atoms with van der Waals surface area (Å²) in [5.74, 6) is 0.589. The summed E-state index contributed by atoms with van der Waals surface area (Å²) in [6.07, 6.45) is 7.50. The summed E-state index contributed by atoms with van der Waals surface area (Å²) in [6, 6.07) is 17.3. The van der Waals surface area contributed by atoms with Crippen LogP contribution in [0, 0.1) is 0 Å². The van der Waals surface area contributed by atoms with Crippen LogP contribution in [0.2, 0.25) is 0 Å². The number of nitrogens with zero attached hydrogens (tertiary/aromatic N) is 2. The molecule has 1 aliphatic heterocycles. The van der Waals surface area contributed by atoms with Gasteiger partial charge in [-0.25, -0.2) is 0 Å². The number of nitrogens with one attached hydrogen (secondary N) is 2. The number of hydrogen-bond donors (Lipinski definition) is 2. The second kappa shape index (κ2) is 7.33. The van der Waals surface area contributed by atoms with Gasteiger partial charge in [0.2, 0.25) is 0 Å². The summed E-state index contributed by atoms with van der Waals surface area (Å²) in [6.45, 7) is 0. The minimum absolute atomic E-state index is 0.123. The molecule has 0 aliphatic carbocycles. The molecule has 0 radical (unpaired) electrons. The van der Waals surface area contributed by atoms with E-state index in [1.807, 2.05) is 72.8 Å². The van der Waals surface area contributed by atoms with Crippen molar-refractivity contribution < 1.29 is 9.53 Å². The summed E-state index contributed by atoms with van der Waals surface area (Å²) < 4.78 is 5.30. The van der Waals surface area contributed by atoms with Crippen molar-refractivity contribution in [1.82, 2.24) is 15.2 Å². The molecule has 0 unspecified atom stereocenters. The monoisotopic (exact) mass is 394 g/mol. The Morgan fingerprint density at radius 3 is 2.80 bits per heavy atom. The van der Waals surface area contributed by atoms with Crippen molar-refractivity contribution in [3.05, 3.63) is 83.3 Å². The number of amides is 1. The van der Waals surface area contributed by atoms with Crippen molar-refractivity contribution in [1.29, 1.82) is 0 Å². The van der Waals surface area contributed by atoms with Crippen LogP contribution in [0.5, 0.6) is 5.75 Å². The Morgan fingerprint density at radius 1 is 1.03 bits per heavy atom. The third kappa shape index (κ3) is 3.24. The first-order valence-corrected chi connectivity index (χ1v) is 9.50. The predicted octanol–water partition coefficient (Wildman–Crippen LogP) is 4.63. The zero-order chi connectivity index (χ0) is 20.5. The molecular weight excluding hydrogens is 376 g/mol. The molecule has 2 aromatic carbocycles. The van der Waals surface area contributed by atoms with Gasteiger partial charge in [-0.2, -0.15) is 5.10 Å². The summed E-state index contributed by atoms with van der Waals surface area (Å²) in [7, 11) is 1.61. The number of pyridine rings is 1. The average Bonchev–Trinajstić information content (AvgIpc) is 3.32. The Labute approximate surface area is 172 Å². The van der Waals surface area contributed by atoms with Gasteiger partial charge in [0.15, 0.2) is 0 Å². The fourth-order valence-corrected chi connectivity index (χ4v) is 3.52. The highest BCUT2D eigenvalue weighted by atomic mass is 16.5. The zero-order valence-electron chi connectivity index (χ0n) is 16.2. The van der Waals surface area contributed by atoms with E-state index in [0.29, 0.717) is 11.3 Å². The standard InChI is InChI=1S/C24H18N4O2/c1-30-17-7-10-21-19(14-17)20(24(29)26-21)12-15-5-8-18-22(27-28-23(18)13-15)9-6-16-4-2-3-11-25-16/h2-14H,1H3,(H,26,29)(H,27,28). The maximum absolute atomic E-state index is 12.5. The molecule has 0 bridgehead atoms. The number of benzene rings is 2. The Kier molecular flexibility index (Phi) is 4.37. The van der Waals surface area contributed by atoms with Crippen molar-refractivity contribution in [2.75, 3.05) is 12.4 Å². The van der Waals surface area contributed by atoms with E-state index in [2.05, 4.69) is 20.5 Å². The molecule has 3 heterocycles. The van der Waals surface area contributed by atoms with Crippen molar-refractivity contribution in [2.24, 2.45) is 0 Å². The Morgan fingerprint density at radius 2 is 1.97 bits per heavy atom. The molecule has 146 valence electrons. The molecule has 6 heteroatoms. The van der Waals surface area contributed by atoms with Gasteiger partial charge in [-0.15, -0.1) is 0 Å². The fourth-order valence-electron chi connectivity index (χ4n) is 3.52. The molecule has 0 fully saturated rings. The lowest BCUT2D eigenvalue weighted by molar-refractivity contribution is -0.110. The van der Waals surface area contributed by atoms with Gasteiger partial charge in [-0.1, -0.05) is 12.1 Å². The lowest BCUT2D eigenvalue weighted by Gasteiger charge is -2.03. The van der Waals surface area contributed by atoms with E-state index in [1.54, 1.807) is 13.3 Å². The van der Waals surface area contributed by atoms with Crippen molar-refractivity contribution in [3.8, 4) is 5.75 Å². The van der Waals surface area contributed by atoms with Crippen molar-refractivity contribution >= 4 is 46.3 Å². The smallest absolute Gasteiger partial charge is 0.256 e. The van der Waals surface area contributed by atoms with Gasteiger partial charge < -0.3 is 10.1 Å². The number of ether oxygens (including phenoxy) is 1. The molecule has 1 aliphatic rings. The Balaban J connectivity index is 1.49. The molecule has 0 saturated heterocycles. The van der Waals surface area contributed by atoms with Gasteiger partial charge in [0.05, 0.1) is 24.0 Å². The maximum atomic E-state index is 12.5. The van der Waals surface area contributed by atoms with E-state index in [9.17, 15) is 4.79 Å². The average molecular weight is 394 g/mol. The summed E-state index contributed by atoms with van der Waals surface area (Å²) >= 11 is 0. The number of hydrogen-bond acceptors (Lipinski definition) is 4. The fraction of sp³-hybridized carbons (Fsp3) is 0.0417. The van der Waals surface area contributed by atoms with E-state index < -0.39 is 0 Å². The van der Waals surface area contributed by atoms with Crippen LogP contribution in [0.1, 0.15) is 22.5 Å². The number of methoxy groups -OCH3 is 1. The second-order valence-electron chi connectivity index (χ2n) is 6.93. The van der Waals surface area contributed by atoms with E-state index in [0.717, 1.165) is 39.1 Å². The van der Waals surface area contributed by atoms with Crippen LogP contribution < -0.4 is 10.1 Å². The third-order valence-corrected chi connectivity index (χ3v) is 5.04. The first kappa shape index (κ1) is 17.9. The molecule has 4 aromatic rings. The SMILES string of the molecule is COc1ccc2c(c1)C(=Cc1ccc3c(C=Cc4ccccn4)n[nH]c3c1)C(=O)N2. The van der Waals surface area contributed by atoms with Crippen molar-refractivity contribution in [2.45, 2.75) is 0 Å². The molecule has 1 amide bonds. The van der Waals surface area contributed by atoms with E-state index >= 15 is 0 Å². The first-order chi connectivity index (χ1) is 14.7. The topological polar surface area (TPSA) is 79.9 Å². The minimum Gasteiger partial charge on any atom is -0.497 e. The van der Waals surface area contributed by atoms with Gasteiger partial charge in [0, 0.05) is 28.4 Å².